The monoisotopic (exact) mass is 289 g/mol. The molecule has 2 heterocycles. The number of rotatable bonds is 1. The summed E-state index contributed by atoms with van der Waals surface area (Å²) in [5, 5.41) is 11.2. The van der Waals surface area contributed by atoms with Crippen LogP contribution in [0.3, 0.4) is 0 Å². The highest BCUT2D eigenvalue weighted by Crippen LogP contribution is 2.25. The van der Waals surface area contributed by atoms with Gasteiger partial charge < -0.3 is 10.8 Å². The number of phenols is 1. The Bertz CT molecular complexity index is 872. The van der Waals surface area contributed by atoms with Crippen molar-refractivity contribution in [2.24, 2.45) is 0 Å². The van der Waals surface area contributed by atoms with Gasteiger partial charge in [0.2, 0.25) is 0 Å². The Morgan fingerprint density at radius 3 is 2.52 bits per heavy atom. The first-order valence-corrected chi connectivity index (χ1v) is 5.80. The van der Waals surface area contributed by atoms with Crippen LogP contribution in [0.2, 0.25) is 0 Å². The molecule has 0 unspecified atom stereocenters. The van der Waals surface area contributed by atoms with Gasteiger partial charge in [-0.25, -0.2) is 4.39 Å². The Labute approximate surface area is 116 Å². The maximum absolute atomic E-state index is 13.9. The number of hydrogen-bond donors (Lipinski definition) is 3. The van der Waals surface area contributed by atoms with E-state index in [0.717, 1.165) is 22.8 Å². The summed E-state index contributed by atoms with van der Waals surface area (Å²) < 4.78 is 14.6. The van der Waals surface area contributed by atoms with E-state index in [1.807, 2.05) is 5.32 Å². The largest absolute Gasteiger partial charge is 0.508 e. The van der Waals surface area contributed by atoms with E-state index in [9.17, 15) is 23.9 Å². The Morgan fingerprint density at radius 1 is 1.14 bits per heavy atom. The summed E-state index contributed by atoms with van der Waals surface area (Å²) >= 11 is 0. The van der Waals surface area contributed by atoms with E-state index in [1.165, 1.54) is 6.07 Å². The Morgan fingerprint density at radius 2 is 1.86 bits per heavy atom. The molecule has 3 rings (SSSR count). The number of phenolic OH excluding ortho intramolecular Hbond substituents is 1. The zero-order valence-corrected chi connectivity index (χ0v) is 10.4. The summed E-state index contributed by atoms with van der Waals surface area (Å²) in [7, 11) is 0. The van der Waals surface area contributed by atoms with Crippen LogP contribution in [-0.2, 0) is 0 Å². The van der Waals surface area contributed by atoms with Gasteiger partial charge in [0.15, 0.2) is 5.82 Å². The average Bonchev–Trinajstić information content (AvgIpc) is 2.67. The van der Waals surface area contributed by atoms with Crippen LogP contribution in [-0.4, -0.2) is 21.5 Å². The molecule has 1 aliphatic rings. The van der Waals surface area contributed by atoms with E-state index >= 15 is 0 Å². The van der Waals surface area contributed by atoms with E-state index in [4.69, 9.17) is 5.73 Å². The SMILES string of the molecule is Nc1c2c(cc(=O)n1-c1ccc(O)cc1F)C(=O)NC2=O. The first-order chi connectivity index (χ1) is 9.90. The predicted molar refractivity (Wildman–Crippen MR) is 69.9 cm³/mol. The van der Waals surface area contributed by atoms with Crippen molar-refractivity contribution in [3.63, 3.8) is 0 Å². The van der Waals surface area contributed by atoms with Gasteiger partial charge in [-0.2, -0.15) is 0 Å². The lowest BCUT2D eigenvalue weighted by atomic mass is 10.1. The molecule has 0 aliphatic carbocycles. The number of carbonyl (C=O) groups is 2. The number of aromatic nitrogens is 1. The van der Waals surface area contributed by atoms with Crippen molar-refractivity contribution in [3.05, 3.63) is 51.6 Å². The van der Waals surface area contributed by atoms with Crippen molar-refractivity contribution in [3.8, 4) is 11.4 Å². The summed E-state index contributed by atoms with van der Waals surface area (Å²) in [6.45, 7) is 0. The number of anilines is 1. The van der Waals surface area contributed by atoms with Crippen molar-refractivity contribution < 1.29 is 19.1 Å². The summed E-state index contributed by atoms with van der Waals surface area (Å²) in [6.07, 6.45) is 0. The number of pyridine rings is 1. The van der Waals surface area contributed by atoms with Gasteiger partial charge in [-0.15, -0.1) is 0 Å². The third-order valence-electron chi connectivity index (χ3n) is 3.13. The van der Waals surface area contributed by atoms with Crippen molar-refractivity contribution in [2.45, 2.75) is 0 Å². The number of nitrogens with one attached hydrogen (secondary N) is 1. The van der Waals surface area contributed by atoms with Crippen LogP contribution in [0.4, 0.5) is 10.2 Å². The molecule has 2 amide bonds. The standard InChI is InChI=1S/C13H8FN3O4/c14-7-3-5(18)1-2-8(7)17-9(19)4-6-10(11(17)15)13(21)16-12(6)20/h1-4,18H,15H2,(H,16,20,21). The van der Waals surface area contributed by atoms with Gasteiger partial charge in [-0.3, -0.25) is 24.3 Å². The van der Waals surface area contributed by atoms with Gasteiger partial charge in [0.1, 0.15) is 11.6 Å². The lowest BCUT2D eigenvalue weighted by Gasteiger charge is -2.12. The smallest absolute Gasteiger partial charge is 0.262 e. The van der Waals surface area contributed by atoms with Crippen LogP contribution in [0, 0.1) is 5.82 Å². The Hall–Kier alpha value is -3.16. The minimum atomic E-state index is -0.895. The molecule has 0 radical (unpaired) electrons. The van der Waals surface area contributed by atoms with Crippen LogP contribution < -0.4 is 16.6 Å². The highest BCUT2D eigenvalue weighted by atomic mass is 19.1. The minimum absolute atomic E-state index is 0.141. The first kappa shape index (κ1) is 12.9. The van der Waals surface area contributed by atoms with Gasteiger partial charge in [-0.1, -0.05) is 0 Å². The van der Waals surface area contributed by atoms with Crippen LogP contribution in [0.1, 0.15) is 20.7 Å². The molecule has 1 aliphatic heterocycles. The van der Waals surface area contributed by atoms with Crippen molar-refractivity contribution in [1.82, 2.24) is 9.88 Å². The number of carbonyl (C=O) groups excluding carboxylic acids is 2. The van der Waals surface area contributed by atoms with Crippen LogP contribution in [0.15, 0.2) is 29.1 Å². The fourth-order valence-corrected chi connectivity index (χ4v) is 2.20. The molecule has 0 bridgehead atoms. The van der Waals surface area contributed by atoms with Crippen molar-refractivity contribution in [2.75, 3.05) is 5.73 Å². The second kappa shape index (κ2) is 4.17. The number of aromatic hydroxyl groups is 1. The number of hydrogen-bond acceptors (Lipinski definition) is 5. The van der Waals surface area contributed by atoms with Gasteiger partial charge >= 0.3 is 0 Å². The van der Waals surface area contributed by atoms with Crippen LogP contribution in [0.5, 0.6) is 5.75 Å². The maximum Gasteiger partial charge on any atom is 0.262 e. The molecule has 1 aromatic heterocycles. The molecule has 7 nitrogen and oxygen atoms in total. The van der Waals surface area contributed by atoms with E-state index < -0.39 is 23.2 Å². The van der Waals surface area contributed by atoms with Gasteiger partial charge in [0, 0.05) is 12.1 Å². The summed E-state index contributed by atoms with van der Waals surface area (Å²) in [6, 6.07) is 4.03. The number of halogens is 1. The minimum Gasteiger partial charge on any atom is -0.508 e. The predicted octanol–water partition coefficient (Wildman–Crippen LogP) is 0.148. The zero-order valence-electron chi connectivity index (χ0n) is 10.4. The molecule has 0 fully saturated rings. The molecule has 0 atom stereocenters. The highest BCUT2D eigenvalue weighted by molar-refractivity contribution is 6.23. The van der Waals surface area contributed by atoms with E-state index in [-0.39, 0.29) is 28.4 Å². The summed E-state index contributed by atoms with van der Waals surface area (Å²) in [5.74, 6) is -3.03. The third-order valence-corrected chi connectivity index (χ3v) is 3.13. The second-order valence-corrected chi connectivity index (χ2v) is 4.41. The molecular weight excluding hydrogens is 281 g/mol. The summed E-state index contributed by atoms with van der Waals surface area (Å²) in [4.78, 5) is 35.2. The topological polar surface area (TPSA) is 114 Å². The number of fused-ring (bicyclic) bond motifs is 1. The lowest BCUT2D eigenvalue weighted by Crippen LogP contribution is -2.24. The van der Waals surface area contributed by atoms with Gasteiger partial charge in [-0.05, 0) is 12.1 Å². The molecule has 106 valence electrons. The number of nitrogens with zero attached hydrogens (tertiary/aromatic N) is 1. The van der Waals surface area contributed by atoms with Crippen LogP contribution in [0.25, 0.3) is 5.69 Å². The highest BCUT2D eigenvalue weighted by Gasteiger charge is 2.32. The normalized spacial score (nSPS) is 13.2. The molecule has 1 aromatic carbocycles. The number of nitrogen functional groups attached to an aromatic ring is 1. The molecular formula is C13H8FN3O4. The van der Waals surface area contributed by atoms with Crippen molar-refractivity contribution in [1.29, 1.82) is 0 Å². The molecule has 0 saturated carbocycles. The van der Waals surface area contributed by atoms with E-state index in [0.29, 0.717) is 0 Å². The number of nitrogens with two attached hydrogens (primary N) is 1. The fraction of sp³-hybridized carbons (Fsp3) is 0. The zero-order chi connectivity index (χ0) is 15.3. The number of amides is 2. The fourth-order valence-electron chi connectivity index (χ4n) is 2.20. The first-order valence-electron chi connectivity index (χ1n) is 5.80. The molecule has 2 aromatic rings. The quantitative estimate of drug-likeness (QED) is 0.646. The van der Waals surface area contributed by atoms with E-state index in [1.54, 1.807) is 0 Å². The molecule has 0 spiro atoms. The second-order valence-electron chi connectivity index (χ2n) is 4.41. The van der Waals surface area contributed by atoms with Gasteiger partial charge in [0.25, 0.3) is 17.4 Å². The maximum atomic E-state index is 13.9. The average molecular weight is 289 g/mol. The number of imide groups is 1. The van der Waals surface area contributed by atoms with Crippen molar-refractivity contribution >= 4 is 17.6 Å². The molecule has 4 N–H and O–H groups in total. The molecule has 21 heavy (non-hydrogen) atoms. The van der Waals surface area contributed by atoms with Gasteiger partial charge in [0.05, 0.1) is 16.8 Å². The summed E-state index contributed by atoms with van der Waals surface area (Å²) in [5.41, 5.74) is 4.44. The Kier molecular flexibility index (Phi) is 2.55. The molecule has 0 saturated heterocycles. The van der Waals surface area contributed by atoms with E-state index in [2.05, 4.69) is 0 Å². The lowest BCUT2D eigenvalue weighted by molar-refractivity contribution is 0.0880. The Balaban J connectivity index is 2.35. The number of benzene rings is 1. The molecule has 8 heteroatoms. The van der Waals surface area contributed by atoms with Crippen LogP contribution >= 0.6 is 0 Å². The third kappa shape index (κ3) is 1.76.